The van der Waals surface area contributed by atoms with Crippen molar-refractivity contribution in [1.29, 1.82) is 0 Å². The van der Waals surface area contributed by atoms with Gasteiger partial charge in [0.15, 0.2) is 0 Å². The predicted octanol–water partition coefficient (Wildman–Crippen LogP) is 2.79. The summed E-state index contributed by atoms with van der Waals surface area (Å²) in [5, 5.41) is 16.5. The van der Waals surface area contributed by atoms with Gasteiger partial charge in [-0.05, 0) is 19.8 Å². The molecule has 3 rings (SSSR count). The highest BCUT2D eigenvalue weighted by molar-refractivity contribution is 7.15. The number of rotatable bonds is 4. The highest BCUT2D eigenvalue weighted by atomic mass is 32.1. The number of nitrogens with zero attached hydrogens (tertiary/aromatic N) is 3. The number of hydrogen-bond donors (Lipinski definition) is 1. The van der Waals surface area contributed by atoms with Gasteiger partial charge in [-0.15, -0.1) is 21.5 Å². The SMILES string of the molecule is Cc1nnc(NCc2csc(C3CC3)n2)s1. The molecule has 0 atom stereocenters. The first-order valence-corrected chi connectivity index (χ1v) is 6.99. The molecule has 1 aliphatic rings. The molecular weight excluding hydrogens is 240 g/mol. The van der Waals surface area contributed by atoms with Crippen LogP contribution in [0.3, 0.4) is 0 Å². The van der Waals surface area contributed by atoms with Crippen molar-refractivity contribution < 1.29 is 0 Å². The monoisotopic (exact) mass is 252 g/mol. The van der Waals surface area contributed by atoms with Gasteiger partial charge in [0.1, 0.15) is 5.01 Å². The fourth-order valence-electron chi connectivity index (χ4n) is 1.46. The summed E-state index contributed by atoms with van der Waals surface area (Å²) in [6.45, 7) is 2.70. The molecule has 1 N–H and O–H groups in total. The minimum absolute atomic E-state index is 0.748. The lowest BCUT2D eigenvalue weighted by Gasteiger charge is -1.97. The van der Waals surface area contributed by atoms with Gasteiger partial charge in [0, 0.05) is 11.3 Å². The number of aryl methyl sites for hydroxylation is 1. The molecule has 0 saturated heterocycles. The molecule has 0 aromatic carbocycles. The Hall–Kier alpha value is -1.01. The smallest absolute Gasteiger partial charge is 0.205 e. The van der Waals surface area contributed by atoms with E-state index in [1.165, 1.54) is 17.8 Å². The third-order valence-corrected chi connectivity index (χ3v) is 4.30. The fraction of sp³-hybridized carbons (Fsp3) is 0.500. The number of anilines is 1. The Morgan fingerprint density at radius 1 is 1.44 bits per heavy atom. The molecule has 0 radical (unpaired) electrons. The first-order valence-electron chi connectivity index (χ1n) is 5.29. The summed E-state index contributed by atoms with van der Waals surface area (Å²) in [5.74, 6) is 0.752. The third-order valence-electron chi connectivity index (χ3n) is 2.44. The molecule has 0 bridgehead atoms. The molecule has 0 unspecified atom stereocenters. The largest absolute Gasteiger partial charge is 0.354 e. The third kappa shape index (κ3) is 2.22. The number of hydrogen-bond acceptors (Lipinski definition) is 6. The van der Waals surface area contributed by atoms with Crippen LogP contribution in [0.25, 0.3) is 0 Å². The van der Waals surface area contributed by atoms with Gasteiger partial charge in [-0.3, -0.25) is 0 Å². The molecule has 2 aromatic rings. The van der Waals surface area contributed by atoms with Crippen molar-refractivity contribution in [2.75, 3.05) is 5.32 Å². The number of aromatic nitrogens is 3. The van der Waals surface area contributed by atoms with E-state index in [1.54, 1.807) is 22.7 Å². The van der Waals surface area contributed by atoms with E-state index in [0.29, 0.717) is 0 Å². The van der Waals surface area contributed by atoms with Crippen molar-refractivity contribution in [1.82, 2.24) is 15.2 Å². The topological polar surface area (TPSA) is 50.7 Å². The van der Waals surface area contributed by atoms with E-state index in [1.807, 2.05) is 6.92 Å². The summed E-state index contributed by atoms with van der Waals surface area (Å²) in [6, 6.07) is 0. The summed E-state index contributed by atoms with van der Waals surface area (Å²) in [7, 11) is 0. The van der Waals surface area contributed by atoms with Gasteiger partial charge < -0.3 is 5.32 Å². The van der Waals surface area contributed by atoms with Crippen LogP contribution in [-0.2, 0) is 6.54 Å². The van der Waals surface area contributed by atoms with Crippen molar-refractivity contribution in [3.63, 3.8) is 0 Å². The Bertz CT molecular complexity index is 486. The lowest BCUT2D eigenvalue weighted by molar-refractivity contribution is 0.983. The second kappa shape index (κ2) is 4.10. The van der Waals surface area contributed by atoms with Crippen molar-refractivity contribution in [3.8, 4) is 0 Å². The van der Waals surface area contributed by atoms with Crippen LogP contribution < -0.4 is 5.32 Å². The lowest BCUT2D eigenvalue weighted by atomic mass is 10.4. The van der Waals surface area contributed by atoms with Crippen molar-refractivity contribution in [2.24, 2.45) is 0 Å². The number of nitrogens with one attached hydrogen (secondary N) is 1. The van der Waals surface area contributed by atoms with E-state index >= 15 is 0 Å². The Balaban J connectivity index is 1.61. The van der Waals surface area contributed by atoms with E-state index in [4.69, 9.17) is 0 Å². The van der Waals surface area contributed by atoms with Gasteiger partial charge in [0.2, 0.25) is 5.13 Å². The standard InChI is InChI=1S/C10H12N4S2/c1-6-13-14-10(16-6)11-4-8-5-15-9(12-8)7-2-3-7/h5,7H,2-4H2,1H3,(H,11,14). The van der Waals surface area contributed by atoms with Crippen LogP contribution in [0.5, 0.6) is 0 Å². The Kier molecular flexibility index (Phi) is 2.61. The average Bonchev–Trinajstić information content (AvgIpc) is 2.87. The van der Waals surface area contributed by atoms with E-state index in [9.17, 15) is 0 Å². The molecule has 0 amide bonds. The van der Waals surface area contributed by atoms with Crippen molar-refractivity contribution in [2.45, 2.75) is 32.2 Å². The number of thiazole rings is 1. The van der Waals surface area contributed by atoms with Crippen LogP contribution in [0.2, 0.25) is 0 Å². The van der Waals surface area contributed by atoms with E-state index in [-0.39, 0.29) is 0 Å². The van der Waals surface area contributed by atoms with Gasteiger partial charge in [0.25, 0.3) is 0 Å². The van der Waals surface area contributed by atoms with Crippen LogP contribution in [0.4, 0.5) is 5.13 Å². The van der Waals surface area contributed by atoms with E-state index in [2.05, 4.69) is 25.9 Å². The summed E-state index contributed by atoms with van der Waals surface area (Å²) in [5.41, 5.74) is 1.11. The van der Waals surface area contributed by atoms with Crippen LogP contribution in [0.15, 0.2) is 5.38 Å². The molecule has 2 heterocycles. The summed E-state index contributed by atoms with van der Waals surface area (Å²) in [4.78, 5) is 4.61. The summed E-state index contributed by atoms with van der Waals surface area (Å²) >= 11 is 3.35. The van der Waals surface area contributed by atoms with Crippen molar-refractivity contribution >= 4 is 27.8 Å². The second-order valence-electron chi connectivity index (χ2n) is 3.93. The predicted molar refractivity (Wildman–Crippen MR) is 66.1 cm³/mol. The maximum Gasteiger partial charge on any atom is 0.205 e. The van der Waals surface area contributed by atoms with E-state index in [0.717, 1.165) is 28.3 Å². The fourth-order valence-corrected chi connectivity index (χ4v) is 3.03. The minimum Gasteiger partial charge on any atom is -0.354 e. The zero-order chi connectivity index (χ0) is 11.0. The Morgan fingerprint density at radius 2 is 2.31 bits per heavy atom. The quantitative estimate of drug-likeness (QED) is 0.909. The summed E-state index contributed by atoms with van der Waals surface area (Å²) < 4.78 is 0. The molecule has 16 heavy (non-hydrogen) atoms. The molecular formula is C10H12N4S2. The molecule has 1 fully saturated rings. The van der Waals surface area contributed by atoms with Gasteiger partial charge in [0.05, 0.1) is 17.2 Å². The molecule has 4 nitrogen and oxygen atoms in total. The maximum absolute atomic E-state index is 4.61. The molecule has 1 saturated carbocycles. The summed E-state index contributed by atoms with van der Waals surface area (Å²) in [6.07, 6.45) is 2.63. The lowest BCUT2D eigenvalue weighted by Crippen LogP contribution is -1.99. The minimum atomic E-state index is 0.748. The normalized spacial score (nSPS) is 15.3. The molecule has 0 spiro atoms. The molecule has 1 aliphatic carbocycles. The zero-order valence-corrected chi connectivity index (χ0v) is 10.6. The molecule has 0 aliphatic heterocycles. The second-order valence-corrected chi connectivity index (χ2v) is 6.00. The maximum atomic E-state index is 4.61. The van der Waals surface area contributed by atoms with Crippen LogP contribution in [0.1, 0.15) is 34.5 Å². The average molecular weight is 252 g/mol. The Morgan fingerprint density at radius 3 is 3.00 bits per heavy atom. The van der Waals surface area contributed by atoms with Gasteiger partial charge in [-0.25, -0.2) is 4.98 Å². The van der Waals surface area contributed by atoms with Gasteiger partial charge in [-0.1, -0.05) is 11.3 Å². The first kappa shape index (κ1) is 10.2. The molecule has 2 aromatic heterocycles. The van der Waals surface area contributed by atoms with Crippen LogP contribution >= 0.6 is 22.7 Å². The Labute approximate surface area is 102 Å². The molecule has 84 valence electrons. The zero-order valence-electron chi connectivity index (χ0n) is 8.93. The van der Waals surface area contributed by atoms with Crippen LogP contribution in [-0.4, -0.2) is 15.2 Å². The first-order chi connectivity index (χ1) is 7.81. The van der Waals surface area contributed by atoms with Crippen molar-refractivity contribution in [3.05, 3.63) is 21.1 Å². The van der Waals surface area contributed by atoms with Gasteiger partial charge in [-0.2, -0.15) is 0 Å². The highest BCUT2D eigenvalue weighted by Gasteiger charge is 2.26. The molecule has 6 heteroatoms. The highest BCUT2D eigenvalue weighted by Crippen LogP contribution is 2.41. The van der Waals surface area contributed by atoms with Crippen LogP contribution in [0, 0.1) is 6.92 Å². The van der Waals surface area contributed by atoms with Gasteiger partial charge >= 0.3 is 0 Å². The van der Waals surface area contributed by atoms with E-state index < -0.39 is 0 Å².